The van der Waals surface area contributed by atoms with Crippen LogP contribution >= 0.6 is 18.6 Å². The Hall–Kier alpha value is -0.546. The first-order valence-corrected chi connectivity index (χ1v) is 16.8. The molecular formula is C28H39Cl2N2OTi-. The van der Waals surface area contributed by atoms with Crippen LogP contribution in [0.3, 0.4) is 0 Å². The van der Waals surface area contributed by atoms with Crippen LogP contribution in [-0.4, -0.2) is 41.1 Å². The van der Waals surface area contributed by atoms with E-state index in [1.165, 1.54) is 6.42 Å². The van der Waals surface area contributed by atoms with Crippen molar-refractivity contribution in [2.24, 2.45) is 23.7 Å². The number of fused-ring (bicyclic) bond motifs is 2. The average Bonchev–Trinajstić information content (AvgIpc) is 3.18. The van der Waals surface area contributed by atoms with E-state index in [-0.39, 0.29) is 6.17 Å². The molecule has 2 aromatic rings. The summed E-state index contributed by atoms with van der Waals surface area (Å²) in [5.74, 6) is 5.65. The molecule has 186 valence electrons. The average molecular weight is 538 g/mol. The number of hydrogen-bond donors (Lipinski definition) is 1. The Balaban J connectivity index is 0.000000209. The second kappa shape index (κ2) is 13.1. The van der Waals surface area contributed by atoms with Crippen molar-refractivity contribution in [2.75, 3.05) is 26.2 Å². The molecule has 0 spiro atoms. The molecule has 2 saturated heterocycles. The first-order chi connectivity index (χ1) is 16.3. The van der Waals surface area contributed by atoms with Gasteiger partial charge >= 0.3 is 35.6 Å². The van der Waals surface area contributed by atoms with Gasteiger partial charge in [0.1, 0.15) is 5.75 Å². The Bertz CT molecular complexity index is 838. The van der Waals surface area contributed by atoms with E-state index in [4.69, 9.17) is 18.6 Å². The van der Waals surface area contributed by atoms with Crippen molar-refractivity contribution in [1.29, 1.82) is 0 Å². The molecule has 6 heteroatoms. The van der Waals surface area contributed by atoms with Crippen LogP contribution in [0.5, 0.6) is 5.75 Å². The summed E-state index contributed by atoms with van der Waals surface area (Å²) in [6.45, 7) is 16.3. The van der Waals surface area contributed by atoms with Gasteiger partial charge in [-0.25, -0.2) is 0 Å². The molecule has 5 rings (SSSR count). The fourth-order valence-electron chi connectivity index (χ4n) is 5.85. The summed E-state index contributed by atoms with van der Waals surface area (Å²) >= 11 is -0.556. The monoisotopic (exact) mass is 537 g/mol. The normalized spacial score (nSPS) is 32.3. The zero-order chi connectivity index (χ0) is 24.8. The van der Waals surface area contributed by atoms with Gasteiger partial charge in [0.15, 0.2) is 0 Å². The molecule has 2 aromatic carbocycles. The fraction of sp³-hybridized carbons (Fsp3) is 0.536. The number of aromatic hydroxyl groups is 1. The van der Waals surface area contributed by atoms with Crippen molar-refractivity contribution in [2.45, 2.75) is 47.2 Å². The van der Waals surface area contributed by atoms with E-state index in [1.54, 1.807) is 5.92 Å². The predicted molar refractivity (Wildman–Crippen MR) is 141 cm³/mol. The van der Waals surface area contributed by atoms with Crippen molar-refractivity contribution in [3.05, 3.63) is 60.0 Å². The van der Waals surface area contributed by atoms with Crippen molar-refractivity contribution in [3.63, 3.8) is 0 Å². The molecule has 34 heavy (non-hydrogen) atoms. The summed E-state index contributed by atoms with van der Waals surface area (Å²) in [6, 6.07) is 16.3. The van der Waals surface area contributed by atoms with E-state index in [1.807, 2.05) is 24.3 Å². The molecule has 2 bridgehead atoms. The minimum atomic E-state index is -0.556. The SMILES string of the molecule is C[C-]1C(C)C(C)C(C)C1C.Oc1c(-c2ccccc2)cccc1C1N2CCCN1CC2.[Cl][Ti][Cl]. The third-order valence-corrected chi connectivity index (χ3v) is 8.53. The molecule has 0 aromatic heterocycles. The topological polar surface area (TPSA) is 26.7 Å². The molecule has 1 aliphatic carbocycles. The zero-order valence-corrected chi connectivity index (χ0v) is 24.2. The van der Waals surface area contributed by atoms with Gasteiger partial charge in [0, 0.05) is 37.3 Å². The summed E-state index contributed by atoms with van der Waals surface area (Å²) in [4.78, 5) is 4.96. The van der Waals surface area contributed by atoms with Crippen molar-refractivity contribution < 1.29 is 22.1 Å². The summed E-state index contributed by atoms with van der Waals surface area (Å²) in [7, 11) is 9.78. The minimum absolute atomic E-state index is 0.252. The van der Waals surface area contributed by atoms with Crippen LogP contribution in [0.1, 0.15) is 52.8 Å². The van der Waals surface area contributed by atoms with Gasteiger partial charge in [-0.1, -0.05) is 88.1 Å². The van der Waals surface area contributed by atoms with Gasteiger partial charge in [-0.2, -0.15) is 18.8 Å². The number of nitrogens with zero attached hydrogens (tertiary/aromatic N) is 2. The molecule has 3 fully saturated rings. The van der Waals surface area contributed by atoms with E-state index in [0.717, 1.165) is 66.5 Å². The van der Waals surface area contributed by atoms with Crippen LogP contribution < -0.4 is 0 Å². The van der Waals surface area contributed by atoms with Crippen molar-refractivity contribution in [1.82, 2.24) is 9.80 Å². The molecule has 0 radical (unpaired) electrons. The summed E-state index contributed by atoms with van der Waals surface area (Å²) in [5.41, 5.74) is 3.05. The van der Waals surface area contributed by atoms with E-state index in [0.29, 0.717) is 5.75 Å². The maximum atomic E-state index is 10.8. The number of para-hydroxylation sites is 1. The Kier molecular flexibility index (Phi) is 10.8. The summed E-state index contributed by atoms with van der Waals surface area (Å²) < 4.78 is 0. The Morgan fingerprint density at radius 1 is 0.824 bits per heavy atom. The quantitative estimate of drug-likeness (QED) is 0.315. The molecule has 2 aliphatic heterocycles. The molecular weight excluding hydrogens is 499 g/mol. The predicted octanol–water partition coefficient (Wildman–Crippen LogP) is 7.59. The van der Waals surface area contributed by atoms with E-state index >= 15 is 0 Å². The maximum absolute atomic E-state index is 10.8. The van der Waals surface area contributed by atoms with Crippen LogP contribution in [0.15, 0.2) is 48.5 Å². The van der Waals surface area contributed by atoms with E-state index in [9.17, 15) is 5.11 Å². The Morgan fingerprint density at radius 2 is 1.35 bits per heavy atom. The fourth-order valence-corrected chi connectivity index (χ4v) is 5.85. The van der Waals surface area contributed by atoms with Gasteiger partial charge in [0.25, 0.3) is 0 Å². The molecule has 3 aliphatic rings. The van der Waals surface area contributed by atoms with Gasteiger partial charge < -0.3 is 11.0 Å². The van der Waals surface area contributed by atoms with Gasteiger partial charge in [-0.3, -0.25) is 9.80 Å². The number of halogens is 2. The van der Waals surface area contributed by atoms with Crippen LogP contribution in [0, 0.1) is 29.6 Å². The molecule has 6 atom stereocenters. The first-order valence-electron chi connectivity index (χ1n) is 12.5. The second-order valence-corrected chi connectivity index (χ2v) is 12.6. The number of hydrogen-bond acceptors (Lipinski definition) is 3. The number of benzene rings is 2. The molecule has 0 amide bonds. The molecule has 1 saturated carbocycles. The van der Waals surface area contributed by atoms with Crippen LogP contribution in [0.4, 0.5) is 0 Å². The standard InChI is InChI=1S/C18H20N2O.C10H19.2ClH.Ti/c21-17-15(14-6-2-1-3-7-14)8-4-9-16(17)18-19-10-5-11-20(18)13-12-19;1-6-7(2)9(4)10(5)8(6)3;;;/h1-4,6-9,18,21H,5,10-13H2;6-9H,1-5H3;2*1H;/q;-1;;;+2/p-2. The Labute approximate surface area is 223 Å². The van der Waals surface area contributed by atoms with Gasteiger partial charge in [-0.05, 0) is 12.0 Å². The zero-order valence-electron chi connectivity index (χ0n) is 21.1. The molecule has 2 heterocycles. The number of phenolic OH excluding ortho intramolecular Hbond substituents is 1. The van der Waals surface area contributed by atoms with E-state index < -0.39 is 17.0 Å². The van der Waals surface area contributed by atoms with E-state index in [2.05, 4.69) is 68.7 Å². The summed E-state index contributed by atoms with van der Waals surface area (Å²) in [5, 5.41) is 10.8. The third-order valence-electron chi connectivity index (χ3n) is 8.53. The first kappa shape index (κ1) is 28.0. The van der Waals surface area contributed by atoms with Gasteiger partial charge in [0.05, 0.1) is 6.17 Å². The third kappa shape index (κ3) is 6.23. The molecule has 1 N–H and O–H groups in total. The molecule has 6 unspecified atom stereocenters. The van der Waals surface area contributed by atoms with Crippen LogP contribution in [-0.2, 0) is 17.0 Å². The van der Waals surface area contributed by atoms with Crippen molar-refractivity contribution in [3.8, 4) is 16.9 Å². The molecule has 3 nitrogen and oxygen atoms in total. The number of rotatable bonds is 2. The van der Waals surface area contributed by atoms with Crippen LogP contribution in [0.2, 0.25) is 0 Å². The van der Waals surface area contributed by atoms with Crippen molar-refractivity contribution >= 4 is 18.6 Å². The number of phenols is 1. The van der Waals surface area contributed by atoms with Gasteiger partial charge in [0.2, 0.25) is 0 Å². The summed E-state index contributed by atoms with van der Waals surface area (Å²) in [6.07, 6.45) is 1.48. The van der Waals surface area contributed by atoms with Crippen LogP contribution in [0.25, 0.3) is 11.1 Å². The van der Waals surface area contributed by atoms with Gasteiger partial charge in [-0.15, -0.1) is 0 Å². The second-order valence-electron chi connectivity index (χ2n) is 10.0. The Morgan fingerprint density at radius 3 is 1.82 bits per heavy atom.